The van der Waals surface area contributed by atoms with Gasteiger partial charge in [-0.3, -0.25) is 0 Å². The molecule has 0 amide bonds. The molecule has 1 aromatic carbocycles. The number of hydrogen-bond acceptors (Lipinski definition) is 1. The molecule has 0 heterocycles. The molecule has 1 aliphatic rings. The highest BCUT2D eigenvalue weighted by molar-refractivity contribution is 5.67. The number of nitrogens with one attached hydrogen (secondary N) is 1. The van der Waals surface area contributed by atoms with Crippen LogP contribution in [0.1, 0.15) is 48.1 Å². The molecule has 1 nitrogen and oxygen atoms in total. The van der Waals surface area contributed by atoms with Crippen molar-refractivity contribution in [2.45, 2.75) is 52.9 Å². The molecule has 88 valence electrons. The predicted molar refractivity (Wildman–Crippen MR) is 71.5 cm³/mol. The Morgan fingerprint density at radius 3 is 2.19 bits per heavy atom. The minimum Gasteiger partial charge on any atom is -0.388 e. The summed E-state index contributed by atoms with van der Waals surface area (Å²) in [5.74, 6) is 0. The third-order valence-electron chi connectivity index (χ3n) is 4.05. The molecule has 0 aliphatic heterocycles. The van der Waals surface area contributed by atoms with Crippen LogP contribution in [0, 0.1) is 6.92 Å². The predicted octanol–water partition coefficient (Wildman–Crippen LogP) is 3.65. The first-order chi connectivity index (χ1) is 7.74. The number of fused-ring (bicyclic) bond motifs is 1. The van der Waals surface area contributed by atoms with E-state index in [-0.39, 0.29) is 0 Å². The van der Waals surface area contributed by atoms with Gasteiger partial charge in [0.15, 0.2) is 0 Å². The Bertz CT molecular complexity index is 400. The molecular formula is C15H23N. The van der Waals surface area contributed by atoms with Crippen LogP contribution in [0.4, 0.5) is 5.69 Å². The van der Waals surface area contributed by atoms with Gasteiger partial charge in [0.05, 0.1) is 0 Å². The quantitative estimate of drug-likeness (QED) is 0.815. The average molecular weight is 217 g/mol. The first kappa shape index (κ1) is 11.5. The van der Waals surface area contributed by atoms with Gasteiger partial charge < -0.3 is 5.32 Å². The fraction of sp³-hybridized carbons (Fsp3) is 0.600. The number of anilines is 1. The number of rotatable bonds is 3. The molecule has 1 aromatic rings. The topological polar surface area (TPSA) is 12.0 Å². The standard InChI is InChI=1S/C15H23N/c1-5-11-10(3)13-8-7-9-14(13)15(16-4)12(11)6-2/h16H,5-9H2,1-4H3. The van der Waals surface area contributed by atoms with Crippen LogP contribution >= 0.6 is 0 Å². The van der Waals surface area contributed by atoms with Crippen LogP contribution in [0.2, 0.25) is 0 Å². The lowest BCUT2D eigenvalue weighted by Crippen LogP contribution is -2.07. The van der Waals surface area contributed by atoms with Crippen molar-refractivity contribution in [3.8, 4) is 0 Å². The van der Waals surface area contributed by atoms with Gasteiger partial charge in [-0.25, -0.2) is 0 Å². The van der Waals surface area contributed by atoms with E-state index in [0.717, 1.165) is 12.8 Å². The van der Waals surface area contributed by atoms with Crippen molar-refractivity contribution in [1.29, 1.82) is 0 Å². The molecule has 0 spiro atoms. The summed E-state index contributed by atoms with van der Waals surface area (Å²) < 4.78 is 0. The number of hydrogen-bond donors (Lipinski definition) is 1. The first-order valence-electron chi connectivity index (χ1n) is 6.58. The zero-order valence-corrected chi connectivity index (χ0v) is 11.0. The molecule has 0 bridgehead atoms. The Hall–Kier alpha value is -0.980. The molecule has 16 heavy (non-hydrogen) atoms. The second kappa shape index (κ2) is 4.48. The SMILES string of the molecule is CCc1c(C)c2c(c(NC)c1CC)CCC2. The minimum atomic E-state index is 1.15. The molecule has 0 unspecified atom stereocenters. The third kappa shape index (κ3) is 1.53. The summed E-state index contributed by atoms with van der Waals surface area (Å²) in [4.78, 5) is 0. The van der Waals surface area contributed by atoms with E-state index in [4.69, 9.17) is 0 Å². The van der Waals surface area contributed by atoms with Gasteiger partial charge in [0, 0.05) is 12.7 Å². The summed E-state index contributed by atoms with van der Waals surface area (Å²) in [6, 6.07) is 0. The van der Waals surface area contributed by atoms with Gasteiger partial charge in [0.1, 0.15) is 0 Å². The maximum Gasteiger partial charge on any atom is 0.0408 e. The minimum absolute atomic E-state index is 1.15. The van der Waals surface area contributed by atoms with E-state index in [0.29, 0.717) is 0 Å². The van der Waals surface area contributed by atoms with E-state index in [1.54, 1.807) is 27.8 Å². The lowest BCUT2D eigenvalue weighted by atomic mass is 9.89. The van der Waals surface area contributed by atoms with Gasteiger partial charge in [-0.2, -0.15) is 0 Å². The Kier molecular flexibility index (Phi) is 3.22. The smallest absolute Gasteiger partial charge is 0.0408 e. The Labute approximate surface area is 99.3 Å². The van der Waals surface area contributed by atoms with Crippen molar-refractivity contribution < 1.29 is 0 Å². The van der Waals surface area contributed by atoms with Gasteiger partial charge in [-0.15, -0.1) is 0 Å². The number of benzene rings is 1. The maximum atomic E-state index is 3.45. The van der Waals surface area contributed by atoms with Gasteiger partial charge in [0.2, 0.25) is 0 Å². The summed E-state index contributed by atoms with van der Waals surface area (Å²) in [6.45, 7) is 6.87. The van der Waals surface area contributed by atoms with Crippen LogP contribution in [0.15, 0.2) is 0 Å². The zero-order valence-electron chi connectivity index (χ0n) is 11.0. The summed E-state index contributed by atoms with van der Waals surface area (Å²) in [7, 11) is 2.07. The first-order valence-corrected chi connectivity index (χ1v) is 6.58. The van der Waals surface area contributed by atoms with Gasteiger partial charge >= 0.3 is 0 Å². The summed E-state index contributed by atoms with van der Waals surface area (Å²) in [5.41, 5.74) is 9.41. The van der Waals surface area contributed by atoms with E-state index in [2.05, 4.69) is 33.1 Å². The highest BCUT2D eigenvalue weighted by atomic mass is 14.8. The second-order valence-electron chi connectivity index (χ2n) is 4.72. The van der Waals surface area contributed by atoms with Crippen LogP contribution in [0.5, 0.6) is 0 Å². The fourth-order valence-corrected chi connectivity index (χ4v) is 3.35. The summed E-state index contributed by atoms with van der Waals surface area (Å²) in [5, 5.41) is 3.45. The van der Waals surface area contributed by atoms with Crippen molar-refractivity contribution in [2.75, 3.05) is 12.4 Å². The molecule has 1 heteroatoms. The average Bonchev–Trinajstić information content (AvgIpc) is 2.77. The summed E-state index contributed by atoms with van der Waals surface area (Å²) in [6.07, 6.45) is 6.20. The molecule has 2 rings (SSSR count). The molecule has 0 radical (unpaired) electrons. The highest BCUT2D eigenvalue weighted by Crippen LogP contribution is 2.37. The second-order valence-corrected chi connectivity index (χ2v) is 4.72. The van der Waals surface area contributed by atoms with Crippen molar-refractivity contribution in [2.24, 2.45) is 0 Å². The monoisotopic (exact) mass is 217 g/mol. The zero-order chi connectivity index (χ0) is 11.7. The third-order valence-corrected chi connectivity index (χ3v) is 4.05. The van der Waals surface area contributed by atoms with Crippen molar-refractivity contribution in [3.63, 3.8) is 0 Å². The van der Waals surface area contributed by atoms with Crippen LogP contribution in [-0.2, 0) is 25.7 Å². The molecule has 0 aromatic heterocycles. The van der Waals surface area contributed by atoms with E-state index in [1.807, 2.05) is 0 Å². The highest BCUT2D eigenvalue weighted by Gasteiger charge is 2.22. The van der Waals surface area contributed by atoms with Crippen LogP contribution < -0.4 is 5.32 Å². The van der Waals surface area contributed by atoms with Crippen LogP contribution in [-0.4, -0.2) is 7.05 Å². The van der Waals surface area contributed by atoms with E-state index in [9.17, 15) is 0 Å². The van der Waals surface area contributed by atoms with E-state index < -0.39 is 0 Å². The molecule has 0 atom stereocenters. The molecule has 1 aliphatic carbocycles. The van der Waals surface area contributed by atoms with Crippen molar-refractivity contribution in [1.82, 2.24) is 0 Å². The van der Waals surface area contributed by atoms with Crippen molar-refractivity contribution >= 4 is 5.69 Å². The van der Waals surface area contributed by atoms with Gasteiger partial charge in [-0.1, -0.05) is 13.8 Å². The van der Waals surface area contributed by atoms with Crippen LogP contribution in [0.25, 0.3) is 0 Å². The Balaban J connectivity index is 2.72. The molecule has 0 saturated heterocycles. The molecule has 1 N–H and O–H groups in total. The van der Waals surface area contributed by atoms with Crippen LogP contribution in [0.3, 0.4) is 0 Å². The van der Waals surface area contributed by atoms with Gasteiger partial charge in [0.25, 0.3) is 0 Å². The molecule has 0 saturated carbocycles. The largest absolute Gasteiger partial charge is 0.388 e. The summed E-state index contributed by atoms with van der Waals surface area (Å²) >= 11 is 0. The fourth-order valence-electron chi connectivity index (χ4n) is 3.35. The molecule has 0 fully saturated rings. The Morgan fingerprint density at radius 1 is 1.00 bits per heavy atom. The molecular weight excluding hydrogens is 194 g/mol. The van der Waals surface area contributed by atoms with E-state index >= 15 is 0 Å². The van der Waals surface area contributed by atoms with Gasteiger partial charge in [-0.05, 0) is 66.8 Å². The maximum absolute atomic E-state index is 3.45. The van der Waals surface area contributed by atoms with Crippen molar-refractivity contribution in [3.05, 3.63) is 27.8 Å². The van der Waals surface area contributed by atoms with E-state index in [1.165, 1.54) is 24.9 Å². The normalized spacial score (nSPS) is 14.0. The lowest BCUT2D eigenvalue weighted by molar-refractivity contribution is 0.908. The Morgan fingerprint density at radius 2 is 1.62 bits per heavy atom. The lowest BCUT2D eigenvalue weighted by Gasteiger charge is -2.20.